The summed E-state index contributed by atoms with van der Waals surface area (Å²) in [5, 5.41) is 16.6. The van der Waals surface area contributed by atoms with Crippen LogP contribution in [0.5, 0.6) is 0 Å². The minimum absolute atomic E-state index is 0.0795. The molecular formula is C25H23N3O2Se. The first-order valence-electron chi connectivity index (χ1n) is 10.3. The number of nitrogens with one attached hydrogen (secondary N) is 2. The summed E-state index contributed by atoms with van der Waals surface area (Å²) >= 11 is -0.258. The van der Waals surface area contributed by atoms with Gasteiger partial charge in [-0.25, -0.2) is 0 Å². The zero-order valence-electron chi connectivity index (χ0n) is 17.3. The van der Waals surface area contributed by atoms with Crippen molar-refractivity contribution in [3.05, 3.63) is 87.2 Å². The Morgan fingerprint density at radius 2 is 1.90 bits per heavy atom. The van der Waals surface area contributed by atoms with Gasteiger partial charge >= 0.3 is 188 Å². The number of benzene rings is 2. The van der Waals surface area contributed by atoms with E-state index >= 15 is 0 Å². The first-order valence-corrected chi connectivity index (χ1v) is 12.4. The maximum atomic E-state index is 12.8. The SMILES string of the molecule is Cc1ccc(C2C(C#N)=C([Se]CC(=O)Nc3ccccc3)NC3=C2C(=O)CCC3)cc1. The second-order valence-corrected chi connectivity index (χ2v) is 9.76. The number of hydrogen-bond donors (Lipinski definition) is 2. The zero-order valence-corrected chi connectivity index (χ0v) is 19.0. The Balaban J connectivity index is 1.62. The van der Waals surface area contributed by atoms with Crippen LogP contribution in [0.4, 0.5) is 5.69 Å². The molecule has 2 aromatic rings. The average Bonchev–Trinajstić information content (AvgIpc) is 2.78. The number of nitriles is 1. The third kappa shape index (κ3) is 4.64. The number of dihydropyridines is 1. The predicted molar refractivity (Wildman–Crippen MR) is 121 cm³/mol. The molecule has 0 spiro atoms. The first kappa shape index (κ1) is 21.1. The van der Waals surface area contributed by atoms with Crippen LogP contribution in [0.2, 0.25) is 5.32 Å². The Morgan fingerprint density at radius 3 is 2.61 bits per heavy atom. The van der Waals surface area contributed by atoms with Crippen molar-refractivity contribution in [1.29, 1.82) is 5.26 Å². The normalized spacial score (nSPS) is 18.2. The van der Waals surface area contributed by atoms with Gasteiger partial charge in [0.25, 0.3) is 0 Å². The molecule has 6 heteroatoms. The van der Waals surface area contributed by atoms with Crippen molar-refractivity contribution in [3.8, 4) is 6.07 Å². The molecule has 1 aliphatic heterocycles. The van der Waals surface area contributed by atoms with Gasteiger partial charge in [-0.1, -0.05) is 0 Å². The fourth-order valence-electron chi connectivity index (χ4n) is 3.99. The molecule has 0 radical (unpaired) electrons. The van der Waals surface area contributed by atoms with Crippen LogP contribution in [0.15, 0.2) is 76.0 Å². The van der Waals surface area contributed by atoms with Gasteiger partial charge in [0, 0.05) is 0 Å². The molecule has 0 bridgehead atoms. The molecular weight excluding hydrogens is 453 g/mol. The molecule has 5 nitrogen and oxygen atoms in total. The van der Waals surface area contributed by atoms with Crippen LogP contribution in [0.3, 0.4) is 0 Å². The van der Waals surface area contributed by atoms with Crippen LogP contribution >= 0.6 is 0 Å². The van der Waals surface area contributed by atoms with Gasteiger partial charge in [-0.3, -0.25) is 0 Å². The molecule has 156 valence electrons. The molecule has 1 atom stereocenters. The number of para-hydroxylation sites is 1. The summed E-state index contributed by atoms with van der Waals surface area (Å²) in [6, 6.07) is 19.7. The van der Waals surface area contributed by atoms with E-state index in [-0.39, 0.29) is 32.6 Å². The molecule has 0 saturated heterocycles. The quantitative estimate of drug-likeness (QED) is 0.635. The minimum atomic E-state index is -0.358. The third-order valence-corrected chi connectivity index (χ3v) is 7.61. The number of carbonyl (C=O) groups is 2. The number of carbonyl (C=O) groups excluding carboxylic acids is 2. The number of amides is 1. The van der Waals surface area contributed by atoms with Gasteiger partial charge in [-0.15, -0.1) is 0 Å². The van der Waals surface area contributed by atoms with Crippen molar-refractivity contribution in [2.45, 2.75) is 37.4 Å². The Morgan fingerprint density at radius 1 is 1.16 bits per heavy atom. The van der Waals surface area contributed by atoms with Gasteiger partial charge < -0.3 is 0 Å². The maximum absolute atomic E-state index is 12.8. The Hall–Kier alpha value is -3.13. The van der Waals surface area contributed by atoms with E-state index in [4.69, 9.17) is 0 Å². The van der Waals surface area contributed by atoms with Gasteiger partial charge in [0.05, 0.1) is 0 Å². The van der Waals surface area contributed by atoms with Crippen molar-refractivity contribution in [3.63, 3.8) is 0 Å². The van der Waals surface area contributed by atoms with Crippen molar-refractivity contribution in [2.24, 2.45) is 0 Å². The van der Waals surface area contributed by atoms with E-state index in [0.29, 0.717) is 17.3 Å². The number of anilines is 1. The number of allylic oxidation sites excluding steroid dienone is 3. The summed E-state index contributed by atoms with van der Waals surface area (Å²) in [5.74, 6) is -0.326. The van der Waals surface area contributed by atoms with Crippen molar-refractivity contribution in [2.75, 3.05) is 5.32 Å². The Labute approximate surface area is 188 Å². The molecule has 31 heavy (non-hydrogen) atoms. The molecule has 2 N–H and O–H groups in total. The first-order chi connectivity index (χ1) is 15.1. The van der Waals surface area contributed by atoms with E-state index in [0.717, 1.165) is 45.5 Å². The predicted octanol–water partition coefficient (Wildman–Crippen LogP) is 4.19. The number of Topliss-reactive ketones (excluding diaryl/α,β-unsaturated/α-hetero) is 1. The molecule has 0 saturated carbocycles. The molecule has 0 aromatic heterocycles. The molecule has 4 rings (SSSR count). The summed E-state index contributed by atoms with van der Waals surface area (Å²) in [5.41, 5.74) is 5.04. The summed E-state index contributed by atoms with van der Waals surface area (Å²) in [4.78, 5) is 25.3. The van der Waals surface area contributed by atoms with E-state index in [1.807, 2.05) is 61.5 Å². The van der Waals surface area contributed by atoms with Gasteiger partial charge in [0.1, 0.15) is 0 Å². The van der Waals surface area contributed by atoms with E-state index in [9.17, 15) is 14.9 Å². The van der Waals surface area contributed by atoms with Crippen LogP contribution in [0, 0.1) is 18.3 Å². The van der Waals surface area contributed by atoms with Crippen LogP contribution in [0.1, 0.15) is 36.3 Å². The molecule has 1 heterocycles. The topological polar surface area (TPSA) is 82.0 Å². The Kier molecular flexibility index (Phi) is 6.36. The van der Waals surface area contributed by atoms with Crippen molar-refractivity contribution >= 4 is 32.3 Å². The molecule has 2 aliphatic rings. The number of ketones is 1. The fourth-order valence-corrected chi connectivity index (χ4v) is 5.79. The van der Waals surface area contributed by atoms with Gasteiger partial charge in [0.15, 0.2) is 0 Å². The van der Waals surface area contributed by atoms with Gasteiger partial charge in [-0.05, 0) is 0 Å². The van der Waals surface area contributed by atoms with Crippen LogP contribution < -0.4 is 10.6 Å². The zero-order chi connectivity index (χ0) is 21.8. The summed E-state index contributed by atoms with van der Waals surface area (Å²) in [6.45, 7) is 2.02. The van der Waals surface area contributed by atoms with Crippen LogP contribution in [-0.2, 0) is 9.59 Å². The van der Waals surface area contributed by atoms with E-state index in [1.54, 1.807) is 0 Å². The second-order valence-electron chi connectivity index (χ2n) is 7.70. The summed E-state index contributed by atoms with van der Waals surface area (Å²) in [6.07, 6.45) is 2.11. The second kappa shape index (κ2) is 9.34. The summed E-state index contributed by atoms with van der Waals surface area (Å²) < 4.78 is 0.803. The van der Waals surface area contributed by atoms with Crippen LogP contribution in [0.25, 0.3) is 0 Å². The van der Waals surface area contributed by atoms with E-state index in [2.05, 4.69) is 16.7 Å². The molecule has 2 aromatic carbocycles. The van der Waals surface area contributed by atoms with Crippen molar-refractivity contribution < 1.29 is 9.59 Å². The molecule has 1 amide bonds. The summed E-state index contributed by atoms with van der Waals surface area (Å²) in [7, 11) is 0. The van der Waals surface area contributed by atoms with E-state index < -0.39 is 0 Å². The molecule has 1 unspecified atom stereocenters. The number of rotatable bonds is 5. The molecule has 1 aliphatic carbocycles. The monoisotopic (exact) mass is 477 g/mol. The Bertz CT molecular complexity index is 1110. The third-order valence-electron chi connectivity index (χ3n) is 5.48. The van der Waals surface area contributed by atoms with E-state index in [1.165, 1.54) is 0 Å². The molecule has 0 fully saturated rings. The number of aryl methyl sites for hydroxylation is 1. The van der Waals surface area contributed by atoms with Crippen molar-refractivity contribution in [1.82, 2.24) is 5.32 Å². The van der Waals surface area contributed by atoms with Gasteiger partial charge in [0.2, 0.25) is 0 Å². The fraction of sp³-hybridized carbons (Fsp3) is 0.240. The van der Waals surface area contributed by atoms with Gasteiger partial charge in [-0.2, -0.15) is 0 Å². The number of nitrogens with zero attached hydrogens (tertiary/aromatic N) is 1. The van der Waals surface area contributed by atoms with Crippen LogP contribution in [-0.4, -0.2) is 26.6 Å². The average molecular weight is 476 g/mol. The standard InChI is InChI=1S/C25H23N3O2Se/c1-16-10-12-17(13-11-16)23-19(14-26)25(28-20-8-5-9-21(29)24(20)23)31-15-22(30)27-18-6-3-2-4-7-18/h2-4,6-7,10-13,23,28H,5,8-9,15H2,1H3,(H,27,30). The number of hydrogen-bond acceptors (Lipinski definition) is 4.